The maximum absolute atomic E-state index is 4.31. The topological polar surface area (TPSA) is 39.7 Å². The van der Waals surface area contributed by atoms with Gasteiger partial charge in [0.05, 0.1) is 0 Å². The summed E-state index contributed by atoms with van der Waals surface area (Å²) in [6.07, 6.45) is 5.97. The quantitative estimate of drug-likeness (QED) is 0.207. The van der Waals surface area contributed by atoms with Gasteiger partial charge in [0.15, 0.2) is 5.96 Å². The number of guanidine groups is 1. The van der Waals surface area contributed by atoms with Gasteiger partial charge < -0.3 is 15.5 Å². The second kappa shape index (κ2) is 12.8. The molecule has 0 bridgehead atoms. The molecule has 1 aromatic carbocycles. The van der Waals surface area contributed by atoms with Gasteiger partial charge in [-0.2, -0.15) is 0 Å². The van der Waals surface area contributed by atoms with Crippen molar-refractivity contribution in [3.63, 3.8) is 0 Å². The maximum atomic E-state index is 4.31. The molecule has 1 heterocycles. The largest absolute Gasteiger partial charge is 0.356 e. The predicted octanol–water partition coefficient (Wildman–Crippen LogP) is 3.81. The third-order valence-electron chi connectivity index (χ3n) is 4.66. The van der Waals surface area contributed by atoms with Crippen molar-refractivity contribution < 1.29 is 0 Å². The Kier molecular flexibility index (Phi) is 11.6. The zero-order chi connectivity index (χ0) is 17.2. The molecule has 0 unspecified atom stereocenters. The molecule has 0 amide bonds. The van der Waals surface area contributed by atoms with Crippen LogP contribution in [0.2, 0.25) is 0 Å². The molecular formula is C19H33IN4S. The minimum Gasteiger partial charge on any atom is -0.356 e. The molecule has 142 valence electrons. The van der Waals surface area contributed by atoms with E-state index in [1.807, 2.05) is 7.05 Å². The summed E-state index contributed by atoms with van der Waals surface area (Å²) in [5.74, 6) is 1.79. The molecule has 25 heavy (non-hydrogen) atoms. The van der Waals surface area contributed by atoms with Crippen LogP contribution in [0.5, 0.6) is 0 Å². The van der Waals surface area contributed by atoms with E-state index in [1.54, 1.807) is 11.8 Å². The van der Waals surface area contributed by atoms with Gasteiger partial charge in [0, 0.05) is 25.0 Å². The molecule has 0 atom stereocenters. The monoisotopic (exact) mass is 476 g/mol. The molecular weight excluding hydrogens is 443 g/mol. The Morgan fingerprint density at radius 2 is 1.88 bits per heavy atom. The van der Waals surface area contributed by atoms with Crippen molar-refractivity contribution in [2.45, 2.75) is 37.6 Å². The van der Waals surface area contributed by atoms with Crippen LogP contribution < -0.4 is 10.6 Å². The molecule has 0 aliphatic carbocycles. The van der Waals surface area contributed by atoms with Crippen LogP contribution in [0.25, 0.3) is 0 Å². The van der Waals surface area contributed by atoms with Gasteiger partial charge in [0.2, 0.25) is 0 Å². The lowest BCUT2D eigenvalue weighted by Crippen LogP contribution is -2.39. The van der Waals surface area contributed by atoms with E-state index >= 15 is 0 Å². The first-order valence-corrected chi connectivity index (χ1v) is 10.2. The summed E-state index contributed by atoms with van der Waals surface area (Å²) < 4.78 is 0. The number of rotatable bonds is 7. The normalized spacial score (nSPS) is 16.4. The number of hydrogen-bond acceptors (Lipinski definition) is 3. The number of nitrogens with one attached hydrogen (secondary N) is 2. The van der Waals surface area contributed by atoms with E-state index in [4.69, 9.17) is 0 Å². The fourth-order valence-corrected chi connectivity index (χ4v) is 3.35. The van der Waals surface area contributed by atoms with Crippen molar-refractivity contribution in [1.29, 1.82) is 0 Å². The molecule has 4 nitrogen and oxygen atoms in total. The number of thioether (sulfide) groups is 1. The smallest absolute Gasteiger partial charge is 0.191 e. The van der Waals surface area contributed by atoms with E-state index in [2.05, 4.69) is 58.0 Å². The van der Waals surface area contributed by atoms with E-state index < -0.39 is 0 Å². The first-order valence-electron chi connectivity index (χ1n) is 9.01. The van der Waals surface area contributed by atoms with E-state index in [9.17, 15) is 0 Å². The van der Waals surface area contributed by atoms with E-state index in [0.29, 0.717) is 0 Å². The third kappa shape index (κ3) is 8.64. The molecule has 1 saturated heterocycles. The summed E-state index contributed by atoms with van der Waals surface area (Å²) in [5.41, 5.74) is 1.28. The van der Waals surface area contributed by atoms with Gasteiger partial charge in [-0.25, -0.2) is 0 Å². The Hall–Kier alpha value is -0.470. The Morgan fingerprint density at radius 1 is 1.20 bits per heavy atom. The van der Waals surface area contributed by atoms with Crippen molar-refractivity contribution in [2.24, 2.45) is 10.9 Å². The highest BCUT2D eigenvalue weighted by atomic mass is 127. The first-order chi connectivity index (χ1) is 11.7. The number of likely N-dealkylation sites (tertiary alicyclic amines) is 1. The number of hydrogen-bond donors (Lipinski definition) is 2. The van der Waals surface area contributed by atoms with Crippen LogP contribution in [0.15, 0.2) is 34.2 Å². The molecule has 0 saturated carbocycles. The molecule has 6 heteroatoms. The van der Waals surface area contributed by atoms with Gasteiger partial charge in [-0.05, 0) is 68.8 Å². The van der Waals surface area contributed by atoms with Crippen LogP contribution in [0.3, 0.4) is 0 Å². The van der Waals surface area contributed by atoms with Crippen molar-refractivity contribution in [2.75, 3.05) is 39.5 Å². The summed E-state index contributed by atoms with van der Waals surface area (Å²) >= 11 is 1.77. The van der Waals surface area contributed by atoms with E-state index in [0.717, 1.165) is 31.4 Å². The Balaban J connectivity index is 0.00000312. The molecule has 2 rings (SSSR count). The minimum absolute atomic E-state index is 0. The van der Waals surface area contributed by atoms with Crippen LogP contribution in [-0.4, -0.2) is 50.3 Å². The van der Waals surface area contributed by atoms with Crippen molar-refractivity contribution in [3.05, 3.63) is 29.8 Å². The van der Waals surface area contributed by atoms with Gasteiger partial charge >= 0.3 is 0 Å². The Bertz CT molecular complexity index is 499. The average molecular weight is 476 g/mol. The zero-order valence-corrected chi connectivity index (χ0v) is 18.9. The fraction of sp³-hybridized carbons (Fsp3) is 0.632. The summed E-state index contributed by atoms with van der Waals surface area (Å²) in [7, 11) is 1.83. The highest BCUT2D eigenvalue weighted by Crippen LogP contribution is 2.16. The second-order valence-corrected chi connectivity index (χ2v) is 7.46. The third-order valence-corrected chi connectivity index (χ3v) is 5.41. The summed E-state index contributed by atoms with van der Waals surface area (Å²) in [5, 5.41) is 6.80. The van der Waals surface area contributed by atoms with Crippen LogP contribution in [0, 0.1) is 5.92 Å². The van der Waals surface area contributed by atoms with Crippen molar-refractivity contribution >= 4 is 41.7 Å². The lowest BCUT2D eigenvalue weighted by Gasteiger charge is -2.30. The van der Waals surface area contributed by atoms with Gasteiger partial charge in [-0.15, -0.1) is 35.7 Å². The highest BCUT2D eigenvalue weighted by molar-refractivity contribution is 14.0. The molecule has 0 aromatic heterocycles. The molecule has 2 N–H and O–H groups in total. The van der Waals surface area contributed by atoms with Crippen LogP contribution in [-0.2, 0) is 6.54 Å². The molecule has 1 aliphatic heterocycles. The van der Waals surface area contributed by atoms with Crippen LogP contribution in [0.1, 0.15) is 31.7 Å². The fourth-order valence-electron chi connectivity index (χ4n) is 2.94. The van der Waals surface area contributed by atoms with Gasteiger partial charge in [-0.3, -0.25) is 4.99 Å². The lowest BCUT2D eigenvalue weighted by molar-refractivity contribution is 0.191. The molecule has 0 spiro atoms. The number of nitrogens with zero attached hydrogens (tertiary/aromatic N) is 2. The van der Waals surface area contributed by atoms with Crippen LogP contribution in [0.4, 0.5) is 0 Å². The summed E-state index contributed by atoms with van der Waals surface area (Å²) in [4.78, 5) is 8.20. The average Bonchev–Trinajstić information content (AvgIpc) is 2.63. The number of halogens is 1. The standard InChI is InChI=1S/C19H32N4S.HI/c1-16-9-13-23(14-10-16)12-4-11-21-19(20-2)22-15-17-5-7-18(24-3)8-6-17;/h5-8,16H,4,9-15H2,1-3H3,(H2,20,21,22);1H. The summed E-state index contributed by atoms with van der Waals surface area (Å²) in [6, 6.07) is 8.67. The zero-order valence-electron chi connectivity index (χ0n) is 15.8. The Morgan fingerprint density at radius 3 is 2.48 bits per heavy atom. The number of piperidine rings is 1. The molecule has 1 aromatic rings. The van der Waals surface area contributed by atoms with Gasteiger partial charge in [-0.1, -0.05) is 19.1 Å². The van der Waals surface area contributed by atoms with E-state index in [1.165, 1.54) is 42.9 Å². The van der Waals surface area contributed by atoms with Gasteiger partial charge in [0.1, 0.15) is 0 Å². The SMILES string of the molecule is CN=C(NCCCN1CCC(C)CC1)NCc1ccc(SC)cc1.I. The minimum atomic E-state index is 0. The summed E-state index contributed by atoms with van der Waals surface area (Å²) in [6.45, 7) is 7.85. The molecule has 1 aliphatic rings. The predicted molar refractivity (Wildman–Crippen MR) is 121 cm³/mol. The Labute approximate surface area is 174 Å². The number of aliphatic imine (C=N–C) groups is 1. The van der Waals surface area contributed by atoms with Crippen LogP contribution >= 0.6 is 35.7 Å². The number of benzene rings is 1. The van der Waals surface area contributed by atoms with Gasteiger partial charge in [0.25, 0.3) is 0 Å². The maximum Gasteiger partial charge on any atom is 0.191 e. The second-order valence-electron chi connectivity index (χ2n) is 6.58. The highest BCUT2D eigenvalue weighted by Gasteiger charge is 2.14. The lowest BCUT2D eigenvalue weighted by atomic mass is 9.99. The van der Waals surface area contributed by atoms with Crippen molar-refractivity contribution in [1.82, 2.24) is 15.5 Å². The van der Waals surface area contributed by atoms with Crippen molar-refractivity contribution in [3.8, 4) is 0 Å². The first kappa shape index (κ1) is 22.6. The van der Waals surface area contributed by atoms with E-state index in [-0.39, 0.29) is 24.0 Å². The molecule has 1 fully saturated rings. The molecule has 0 radical (unpaired) electrons.